The maximum Gasteiger partial charge on any atom is 0.158 e. The van der Waals surface area contributed by atoms with E-state index in [1.807, 2.05) is 0 Å². The number of hydrogen-bond donors (Lipinski definition) is 1. The Morgan fingerprint density at radius 2 is 1.77 bits per heavy atom. The monoisotopic (exact) mass is 302 g/mol. The van der Waals surface area contributed by atoms with Crippen LogP contribution in [0, 0.1) is 34.5 Å². The fourth-order valence-corrected chi connectivity index (χ4v) is 7.04. The number of ketones is 1. The van der Waals surface area contributed by atoms with E-state index in [1.165, 1.54) is 32.1 Å². The van der Waals surface area contributed by atoms with Gasteiger partial charge in [-0.05, 0) is 85.0 Å². The summed E-state index contributed by atoms with van der Waals surface area (Å²) in [5.74, 6) is 3.09. The van der Waals surface area contributed by atoms with E-state index in [0.29, 0.717) is 17.6 Å². The summed E-state index contributed by atoms with van der Waals surface area (Å²) in [5, 5.41) is 10.5. The lowest BCUT2D eigenvalue weighted by Crippen LogP contribution is -2.54. The molecule has 1 N–H and O–H groups in total. The number of hydrogen-bond acceptors (Lipinski definition) is 2. The van der Waals surface area contributed by atoms with Crippen molar-refractivity contribution in [1.29, 1.82) is 0 Å². The van der Waals surface area contributed by atoms with Crippen LogP contribution in [0.2, 0.25) is 0 Å². The molecule has 7 atom stereocenters. The molecule has 0 spiro atoms. The third kappa shape index (κ3) is 1.79. The number of carbonyl (C=O) groups excluding carboxylic acids is 1. The highest BCUT2D eigenvalue weighted by molar-refractivity contribution is 5.95. The summed E-state index contributed by atoms with van der Waals surface area (Å²) < 4.78 is 0. The zero-order chi connectivity index (χ0) is 15.7. The summed E-state index contributed by atoms with van der Waals surface area (Å²) in [6, 6.07) is 0. The lowest BCUT2D eigenvalue weighted by molar-refractivity contribution is -0.134. The maximum absolute atomic E-state index is 12.1. The third-order valence-corrected chi connectivity index (χ3v) is 8.44. The van der Waals surface area contributed by atoms with E-state index in [0.717, 1.165) is 36.7 Å². The van der Waals surface area contributed by atoms with Gasteiger partial charge in [-0.3, -0.25) is 4.79 Å². The molecule has 22 heavy (non-hydrogen) atoms. The van der Waals surface area contributed by atoms with E-state index >= 15 is 0 Å². The molecule has 1 unspecified atom stereocenters. The second kappa shape index (κ2) is 4.69. The van der Waals surface area contributed by atoms with Crippen LogP contribution in [0.1, 0.15) is 65.2 Å². The van der Waals surface area contributed by atoms with Gasteiger partial charge in [0.2, 0.25) is 0 Å². The second-order valence-corrected chi connectivity index (χ2v) is 9.20. The summed E-state index contributed by atoms with van der Waals surface area (Å²) in [5.41, 5.74) is 1.31. The molecule has 0 heterocycles. The van der Waals surface area contributed by atoms with Gasteiger partial charge in [-0.1, -0.05) is 20.4 Å². The second-order valence-electron chi connectivity index (χ2n) is 9.20. The summed E-state index contributed by atoms with van der Waals surface area (Å²) >= 11 is 0. The first kappa shape index (κ1) is 14.9. The molecule has 0 saturated heterocycles. The van der Waals surface area contributed by atoms with E-state index < -0.39 is 0 Å². The maximum atomic E-state index is 12.1. The first-order valence-corrected chi connectivity index (χ1v) is 9.25. The minimum absolute atomic E-state index is 0.0909. The van der Waals surface area contributed by atoms with E-state index in [4.69, 9.17) is 0 Å². The molecule has 0 aromatic carbocycles. The van der Waals surface area contributed by atoms with Gasteiger partial charge in [-0.2, -0.15) is 0 Å². The topological polar surface area (TPSA) is 37.3 Å². The van der Waals surface area contributed by atoms with Crippen molar-refractivity contribution in [2.75, 3.05) is 0 Å². The highest BCUT2D eigenvalue weighted by Crippen LogP contribution is 2.66. The molecular weight excluding hydrogens is 272 g/mol. The Labute approximate surface area is 134 Å². The van der Waals surface area contributed by atoms with Crippen molar-refractivity contribution >= 4 is 5.78 Å². The molecule has 4 fully saturated rings. The molecule has 2 heteroatoms. The van der Waals surface area contributed by atoms with E-state index in [1.54, 1.807) is 0 Å². The molecule has 0 amide bonds. The van der Waals surface area contributed by atoms with Crippen molar-refractivity contribution in [3.8, 4) is 0 Å². The Morgan fingerprint density at radius 3 is 2.55 bits per heavy atom. The van der Waals surface area contributed by atoms with Crippen molar-refractivity contribution in [3.05, 3.63) is 12.2 Å². The molecule has 0 aliphatic heterocycles. The number of fused-ring (bicyclic) bond motifs is 5. The lowest BCUT2D eigenvalue weighted by Gasteiger charge is -2.60. The molecule has 4 aliphatic rings. The number of Topliss-reactive ketones (excluding diaryl/α,β-unsaturated/α-hetero) is 1. The Hall–Kier alpha value is -0.630. The van der Waals surface area contributed by atoms with Crippen molar-refractivity contribution < 1.29 is 9.90 Å². The van der Waals surface area contributed by atoms with Crippen LogP contribution in [0.25, 0.3) is 0 Å². The largest absolute Gasteiger partial charge is 0.393 e. The molecule has 2 nitrogen and oxygen atoms in total. The van der Waals surface area contributed by atoms with Gasteiger partial charge in [0.05, 0.1) is 6.10 Å². The smallest absolute Gasteiger partial charge is 0.158 e. The van der Waals surface area contributed by atoms with Crippen LogP contribution in [0.15, 0.2) is 12.2 Å². The molecule has 0 aromatic heterocycles. The van der Waals surface area contributed by atoms with E-state index in [2.05, 4.69) is 20.4 Å². The molecule has 4 rings (SSSR count). The Balaban J connectivity index is 1.66. The highest BCUT2D eigenvalue weighted by atomic mass is 16.3. The van der Waals surface area contributed by atoms with Gasteiger partial charge in [-0.15, -0.1) is 0 Å². The van der Waals surface area contributed by atoms with Crippen LogP contribution in [0.5, 0.6) is 0 Å². The van der Waals surface area contributed by atoms with Crippen LogP contribution in [-0.4, -0.2) is 17.0 Å². The summed E-state index contributed by atoms with van der Waals surface area (Å²) in [6.45, 7) is 8.85. The SMILES string of the molecule is C=C1C[C@@]2(C)[C@@H](CC[C@@H]3[C@@H]2CC[C@]2(C)C(O)CC[C@@H]32)CC1=O. The number of rotatable bonds is 0. The Bertz CT molecular complexity index is 524. The van der Waals surface area contributed by atoms with Crippen LogP contribution in [0.4, 0.5) is 0 Å². The lowest BCUT2D eigenvalue weighted by atomic mass is 9.45. The quantitative estimate of drug-likeness (QED) is 0.683. The fourth-order valence-electron chi connectivity index (χ4n) is 7.04. The van der Waals surface area contributed by atoms with Gasteiger partial charge >= 0.3 is 0 Å². The number of aliphatic hydroxyl groups excluding tert-OH is 1. The average molecular weight is 302 g/mol. The first-order valence-electron chi connectivity index (χ1n) is 9.25. The zero-order valence-corrected chi connectivity index (χ0v) is 14.1. The minimum Gasteiger partial charge on any atom is -0.393 e. The number of aliphatic hydroxyl groups is 1. The highest BCUT2D eigenvalue weighted by Gasteiger charge is 2.60. The van der Waals surface area contributed by atoms with Gasteiger partial charge in [-0.25, -0.2) is 0 Å². The van der Waals surface area contributed by atoms with Crippen LogP contribution >= 0.6 is 0 Å². The van der Waals surface area contributed by atoms with Crippen LogP contribution in [-0.2, 0) is 4.79 Å². The normalized spacial score (nSPS) is 54.6. The number of allylic oxidation sites excluding steroid dienone is 1. The van der Waals surface area contributed by atoms with Gasteiger partial charge in [0.25, 0.3) is 0 Å². The summed E-state index contributed by atoms with van der Waals surface area (Å²) in [4.78, 5) is 12.1. The van der Waals surface area contributed by atoms with Crippen molar-refractivity contribution in [1.82, 2.24) is 0 Å². The Morgan fingerprint density at radius 1 is 1.05 bits per heavy atom. The van der Waals surface area contributed by atoms with Crippen molar-refractivity contribution in [2.24, 2.45) is 34.5 Å². The van der Waals surface area contributed by atoms with Gasteiger partial charge < -0.3 is 5.11 Å². The zero-order valence-electron chi connectivity index (χ0n) is 14.1. The first-order chi connectivity index (χ1) is 10.4. The molecule has 122 valence electrons. The number of carbonyl (C=O) groups is 1. The standard InChI is InChI=1S/C20H30O2/c1-12-11-20(3)13(10-17(12)21)4-5-14-15-6-7-18(22)19(15,2)9-8-16(14)20/h13-16,18,22H,1,4-11H2,2-3H3/t13-,14-,15-,16-,18?,19-,20-/m0/s1. The summed E-state index contributed by atoms with van der Waals surface area (Å²) in [6.07, 6.45) is 8.66. The molecule has 4 aliphatic carbocycles. The molecular formula is C20H30O2. The molecule has 4 saturated carbocycles. The van der Waals surface area contributed by atoms with Crippen LogP contribution < -0.4 is 0 Å². The van der Waals surface area contributed by atoms with Gasteiger partial charge in [0.15, 0.2) is 5.78 Å². The molecule has 0 aromatic rings. The Kier molecular flexibility index (Phi) is 3.18. The average Bonchev–Trinajstić information content (AvgIpc) is 2.77. The summed E-state index contributed by atoms with van der Waals surface area (Å²) in [7, 11) is 0. The van der Waals surface area contributed by atoms with Gasteiger partial charge in [0, 0.05) is 6.42 Å². The van der Waals surface area contributed by atoms with E-state index in [9.17, 15) is 9.90 Å². The van der Waals surface area contributed by atoms with Crippen LogP contribution in [0.3, 0.4) is 0 Å². The third-order valence-electron chi connectivity index (χ3n) is 8.44. The predicted octanol–water partition coefficient (Wildman–Crippen LogP) is 4.13. The molecule has 0 bridgehead atoms. The van der Waals surface area contributed by atoms with Crippen molar-refractivity contribution in [3.63, 3.8) is 0 Å². The predicted molar refractivity (Wildman–Crippen MR) is 87.3 cm³/mol. The minimum atomic E-state index is -0.0909. The molecule has 0 radical (unpaired) electrons. The van der Waals surface area contributed by atoms with Gasteiger partial charge in [0.1, 0.15) is 0 Å². The van der Waals surface area contributed by atoms with E-state index in [-0.39, 0.29) is 16.9 Å². The van der Waals surface area contributed by atoms with Crippen molar-refractivity contribution in [2.45, 2.75) is 71.3 Å². The fraction of sp³-hybridized carbons (Fsp3) is 0.850.